The van der Waals surface area contributed by atoms with Gasteiger partial charge in [0.2, 0.25) is 5.91 Å². The number of ether oxygens (including phenoxy) is 1. The molecule has 0 atom stereocenters. The number of thioether (sulfide) groups is 1. The van der Waals surface area contributed by atoms with Crippen molar-refractivity contribution in [2.75, 3.05) is 11.1 Å². The van der Waals surface area contributed by atoms with Crippen LogP contribution in [0.2, 0.25) is 0 Å². The van der Waals surface area contributed by atoms with Crippen molar-refractivity contribution in [3.05, 3.63) is 60.9 Å². The molecular weight excluding hydrogens is 381 g/mol. The Balaban J connectivity index is 1.56. The number of carbonyl (C=O) groups is 1. The predicted molar refractivity (Wildman–Crippen MR) is 93.8 cm³/mol. The van der Waals surface area contributed by atoms with E-state index in [-0.39, 0.29) is 17.4 Å². The molecule has 27 heavy (non-hydrogen) atoms. The number of carbonyl (C=O) groups excluding carboxylic acids is 1. The lowest BCUT2D eigenvalue weighted by Gasteiger charge is -2.10. The van der Waals surface area contributed by atoms with Crippen LogP contribution in [0.25, 0.3) is 5.69 Å². The summed E-state index contributed by atoms with van der Waals surface area (Å²) in [6, 6.07) is 14.3. The first-order chi connectivity index (χ1) is 12.9. The fraction of sp³-hybridized carbons (Fsp3) is 0.118. The SMILES string of the molecule is O=C(CSc1nncn1-c1ccccc1)Nc1ccc(OC(F)(F)F)cc1. The molecule has 0 unspecified atom stereocenters. The number of hydrogen-bond acceptors (Lipinski definition) is 5. The third kappa shape index (κ3) is 5.48. The van der Waals surface area contributed by atoms with Crippen molar-refractivity contribution < 1.29 is 22.7 Å². The Hall–Kier alpha value is -3.01. The molecule has 0 aliphatic rings. The lowest BCUT2D eigenvalue weighted by Crippen LogP contribution is -2.17. The summed E-state index contributed by atoms with van der Waals surface area (Å²) in [4.78, 5) is 12.1. The maximum Gasteiger partial charge on any atom is 0.573 e. The highest BCUT2D eigenvalue weighted by Crippen LogP contribution is 2.24. The van der Waals surface area contributed by atoms with Gasteiger partial charge in [-0.1, -0.05) is 30.0 Å². The van der Waals surface area contributed by atoms with Crippen LogP contribution in [-0.2, 0) is 4.79 Å². The number of para-hydroxylation sites is 1. The van der Waals surface area contributed by atoms with Crippen molar-refractivity contribution in [2.24, 2.45) is 0 Å². The van der Waals surface area contributed by atoms with E-state index in [1.807, 2.05) is 30.3 Å². The molecule has 1 heterocycles. The minimum Gasteiger partial charge on any atom is -0.406 e. The molecule has 0 aliphatic heterocycles. The van der Waals surface area contributed by atoms with Gasteiger partial charge in [0, 0.05) is 11.4 Å². The van der Waals surface area contributed by atoms with Crippen LogP contribution in [0.1, 0.15) is 0 Å². The number of halogens is 3. The Morgan fingerprint density at radius 3 is 2.48 bits per heavy atom. The maximum atomic E-state index is 12.1. The van der Waals surface area contributed by atoms with E-state index < -0.39 is 6.36 Å². The number of benzene rings is 2. The molecule has 3 rings (SSSR count). The van der Waals surface area contributed by atoms with Gasteiger partial charge < -0.3 is 10.1 Å². The highest BCUT2D eigenvalue weighted by atomic mass is 32.2. The van der Waals surface area contributed by atoms with Crippen molar-refractivity contribution >= 4 is 23.4 Å². The molecule has 0 radical (unpaired) electrons. The number of alkyl halides is 3. The summed E-state index contributed by atoms with van der Waals surface area (Å²) in [5.74, 6) is -0.621. The first kappa shape index (κ1) is 18.8. The lowest BCUT2D eigenvalue weighted by molar-refractivity contribution is -0.274. The van der Waals surface area contributed by atoms with Crippen LogP contribution in [0.3, 0.4) is 0 Å². The van der Waals surface area contributed by atoms with Crippen LogP contribution in [0.4, 0.5) is 18.9 Å². The van der Waals surface area contributed by atoms with E-state index in [0.29, 0.717) is 10.8 Å². The number of nitrogens with one attached hydrogen (secondary N) is 1. The highest BCUT2D eigenvalue weighted by Gasteiger charge is 2.30. The molecule has 0 aliphatic carbocycles. The third-order valence-electron chi connectivity index (χ3n) is 3.25. The second-order valence-corrected chi connectivity index (χ2v) is 6.17. The van der Waals surface area contributed by atoms with Gasteiger partial charge in [0.25, 0.3) is 0 Å². The fourth-order valence-corrected chi connectivity index (χ4v) is 2.88. The first-order valence-electron chi connectivity index (χ1n) is 7.64. The molecule has 1 amide bonds. The van der Waals surface area contributed by atoms with Crippen LogP contribution in [0.15, 0.2) is 66.1 Å². The van der Waals surface area contributed by atoms with Gasteiger partial charge in [-0.05, 0) is 36.4 Å². The van der Waals surface area contributed by atoms with Gasteiger partial charge in [-0.25, -0.2) is 0 Å². The zero-order valence-electron chi connectivity index (χ0n) is 13.7. The number of nitrogens with zero attached hydrogens (tertiary/aromatic N) is 3. The average molecular weight is 394 g/mol. The summed E-state index contributed by atoms with van der Waals surface area (Å²) in [7, 11) is 0. The molecule has 0 fully saturated rings. The summed E-state index contributed by atoms with van der Waals surface area (Å²) < 4.78 is 41.9. The normalized spacial score (nSPS) is 11.2. The summed E-state index contributed by atoms with van der Waals surface area (Å²) in [6.07, 6.45) is -3.20. The summed E-state index contributed by atoms with van der Waals surface area (Å²) in [6.45, 7) is 0. The van der Waals surface area contributed by atoms with Crippen molar-refractivity contribution in [1.29, 1.82) is 0 Å². The smallest absolute Gasteiger partial charge is 0.406 e. The molecule has 3 aromatic rings. The van der Waals surface area contributed by atoms with E-state index in [2.05, 4.69) is 20.3 Å². The minimum absolute atomic E-state index is 0.0618. The van der Waals surface area contributed by atoms with E-state index in [0.717, 1.165) is 17.8 Å². The van der Waals surface area contributed by atoms with Gasteiger partial charge in [0.15, 0.2) is 5.16 Å². The maximum absolute atomic E-state index is 12.1. The Labute approximate surface area is 156 Å². The van der Waals surface area contributed by atoms with Crippen molar-refractivity contribution in [1.82, 2.24) is 14.8 Å². The van der Waals surface area contributed by atoms with Gasteiger partial charge in [0.05, 0.1) is 5.75 Å². The molecule has 6 nitrogen and oxygen atoms in total. The number of rotatable bonds is 6. The number of amides is 1. The van der Waals surface area contributed by atoms with Crippen LogP contribution < -0.4 is 10.1 Å². The Morgan fingerprint density at radius 2 is 1.81 bits per heavy atom. The van der Waals surface area contributed by atoms with Gasteiger partial charge in [-0.3, -0.25) is 9.36 Å². The fourth-order valence-electron chi connectivity index (χ4n) is 2.16. The van der Waals surface area contributed by atoms with E-state index in [9.17, 15) is 18.0 Å². The zero-order chi connectivity index (χ0) is 19.3. The lowest BCUT2D eigenvalue weighted by atomic mass is 10.3. The molecule has 0 saturated heterocycles. The minimum atomic E-state index is -4.75. The number of anilines is 1. The number of hydrogen-bond donors (Lipinski definition) is 1. The molecule has 1 aromatic heterocycles. The second kappa shape index (κ2) is 8.12. The first-order valence-corrected chi connectivity index (χ1v) is 8.63. The van der Waals surface area contributed by atoms with Crippen molar-refractivity contribution in [3.8, 4) is 11.4 Å². The summed E-state index contributed by atoms with van der Waals surface area (Å²) in [5.41, 5.74) is 1.23. The predicted octanol–water partition coefficient (Wildman–Crippen LogP) is 3.90. The zero-order valence-corrected chi connectivity index (χ0v) is 14.5. The third-order valence-corrected chi connectivity index (χ3v) is 4.20. The summed E-state index contributed by atoms with van der Waals surface area (Å²) >= 11 is 1.19. The van der Waals surface area contributed by atoms with E-state index in [4.69, 9.17) is 0 Å². The molecule has 2 aromatic carbocycles. The van der Waals surface area contributed by atoms with Gasteiger partial charge in [-0.2, -0.15) is 0 Å². The largest absolute Gasteiger partial charge is 0.573 e. The molecular formula is C17H13F3N4O2S. The summed E-state index contributed by atoms with van der Waals surface area (Å²) in [5, 5.41) is 11.0. The average Bonchev–Trinajstić information content (AvgIpc) is 3.10. The second-order valence-electron chi connectivity index (χ2n) is 5.23. The van der Waals surface area contributed by atoms with Gasteiger partial charge in [0.1, 0.15) is 12.1 Å². The van der Waals surface area contributed by atoms with Gasteiger partial charge >= 0.3 is 6.36 Å². The van der Waals surface area contributed by atoms with Crippen LogP contribution in [0.5, 0.6) is 5.75 Å². The van der Waals surface area contributed by atoms with Gasteiger partial charge in [-0.15, -0.1) is 23.4 Å². The quantitative estimate of drug-likeness (QED) is 0.643. The van der Waals surface area contributed by atoms with Crippen LogP contribution in [-0.4, -0.2) is 32.8 Å². The van der Waals surface area contributed by atoms with Crippen LogP contribution in [0, 0.1) is 0 Å². The van der Waals surface area contributed by atoms with E-state index in [1.54, 1.807) is 10.9 Å². The van der Waals surface area contributed by atoms with Crippen molar-refractivity contribution in [3.63, 3.8) is 0 Å². The molecule has 1 N–H and O–H groups in total. The highest BCUT2D eigenvalue weighted by molar-refractivity contribution is 7.99. The standard InChI is InChI=1S/C17H13F3N4O2S/c18-17(19,20)26-14-8-6-12(7-9-14)22-15(25)10-27-16-23-21-11-24(16)13-4-2-1-3-5-13/h1-9,11H,10H2,(H,22,25). The topological polar surface area (TPSA) is 69.0 Å². The molecule has 0 bridgehead atoms. The molecule has 0 saturated carbocycles. The Morgan fingerprint density at radius 1 is 1.11 bits per heavy atom. The molecule has 0 spiro atoms. The monoisotopic (exact) mass is 394 g/mol. The Kier molecular flexibility index (Phi) is 5.65. The molecule has 10 heteroatoms. The number of aromatic nitrogens is 3. The van der Waals surface area contributed by atoms with Crippen molar-refractivity contribution in [2.45, 2.75) is 11.5 Å². The van der Waals surface area contributed by atoms with E-state index in [1.165, 1.54) is 23.9 Å². The Bertz CT molecular complexity index is 899. The van der Waals surface area contributed by atoms with Crippen LogP contribution >= 0.6 is 11.8 Å². The van der Waals surface area contributed by atoms with E-state index >= 15 is 0 Å². The molecule has 140 valence electrons.